The van der Waals surface area contributed by atoms with Crippen molar-refractivity contribution in [3.63, 3.8) is 0 Å². The van der Waals surface area contributed by atoms with E-state index in [9.17, 15) is 13.2 Å². The third kappa shape index (κ3) is 4.04. The minimum absolute atomic E-state index is 0.182. The Labute approximate surface area is 173 Å². The summed E-state index contributed by atoms with van der Waals surface area (Å²) in [6.45, 7) is 3.58. The van der Waals surface area contributed by atoms with E-state index in [-0.39, 0.29) is 23.4 Å². The van der Waals surface area contributed by atoms with E-state index in [1.807, 2.05) is 32.0 Å². The summed E-state index contributed by atoms with van der Waals surface area (Å²) in [7, 11) is -3.86. The maximum absolute atomic E-state index is 13.4. The van der Waals surface area contributed by atoms with Crippen LogP contribution < -0.4 is 9.62 Å². The molecule has 3 atom stereocenters. The minimum atomic E-state index is -3.86. The summed E-state index contributed by atoms with van der Waals surface area (Å²) < 4.78 is 28.1. The molecule has 2 aliphatic carbocycles. The van der Waals surface area contributed by atoms with Crippen molar-refractivity contribution >= 4 is 21.6 Å². The van der Waals surface area contributed by atoms with Gasteiger partial charge < -0.3 is 5.32 Å². The summed E-state index contributed by atoms with van der Waals surface area (Å²) in [5, 5.41) is 3.12. The Morgan fingerprint density at radius 3 is 2.48 bits per heavy atom. The lowest BCUT2D eigenvalue weighted by Gasteiger charge is -2.28. The summed E-state index contributed by atoms with van der Waals surface area (Å²) in [6, 6.07) is 14.2. The van der Waals surface area contributed by atoms with Crippen molar-refractivity contribution in [3.05, 3.63) is 59.7 Å². The van der Waals surface area contributed by atoms with Crippen molar-refractivity contribution < 1.29 is 13.2 Å². The number of fused-ring (bicyclic) bond motifs is 2. The molecular weight excluding hydrogens is 384 g/mol. The smallest absolute Gasteiger partial charge is 0.264 e. The zero-order valence-corrected chi connectivity index (χ0v) is 17.8. The Morgan fingerprint density at radius 1 is 1.07 bits per heavy atom. The van der Waals surface area contributed by atoms with Gasteiger partial charge in [0, 0.05) is 6.04 Å². The number of rotatable bonds is 6. The van der Waals surface area contributed by atoms with E-state index < -0.39 is 10.0 Å². The molecule has 2 bridgehead atoms. The number of amides is 1. The lowest BCUT2D eigenvalue weighted by molar-refractivity contribution is -0.120. The van der Waals surface area contributed by atoms with Gasteiger partial charge in [-0.25, -0.2) is 8.42 Å². The quantitative estimate of drug-likeness (QED) is 0.785. The molecule has 0 spiro atoms. The Morgan fingerprint density at radius 2 is 1.83 bits per heavy atom. The Kier molecular flexibility index (Phi) is 5.38. The van der Waals surface area contributed by atoms with Crippen LogP contribution >= 0.6 is 0 Å². The van der Waals surface area contributed by atoms with E-state index in [1.165, 1.54) is 23.6 Å². The van der Waals surface area contributed by atoms with Crippen LogP contribution in [0.2, 0.25) is 0 Å². The maximum Gasteiger partial charge on any atom is 0.264 e. The average Bonchev–Trinajstić information content (AvgIpc) is 3.32. The minimum Gasteiger partial charge on any atom is -0.352 e. The fourth-order valence-corrected chi connectivity index (χ4v) is 6.31. The molecule has 2 saturated carbocycles. The zero-order valence-electron chi connectivity index (χ0n) is 17.0. The van der Waals surface area contributed by atoms with E-state index >= 15 is 0 Å². The van der Waals surface area contributed by atoms with Crippen molar-refractivity contribution in [1.82, 2.24) is 5.32 Å². The van der Waals surface area contributed by atoms with Crippen LogP contribution in [0.4, 0.5) is 5.69 Å². The number of benzene rings is 2. The van der Waals surface area contributed by atoms with Crippen molar-refractivity contribution in [2.75, 3.05) is 10.8 Å². The second kappa shape index (κ2) is 7.82. The fourth-order valence-electron chi connectivity index (χ4n) is 4.81. The molecule has 2 aromatic rings. The third-order valence-electron chi connectivity index (χ3n) is 6.34. The number of nitrogens with one attached hydrogen (secondary N) is 1. The molecule has 0 heterocycles. The molecule has 4 rings (SSSR count). The molecule has 2 fully saturated rings. The summed E-state index contributed by atoms with van der Waals surface area (Å²) in [5.41, 5.74) is 2.33. The first-order valence-corrected chi connectivity index (χ1v) is 11.7. The van der Waals surface area contributed by atoms with Crippen molar-refractivity contribution in [3.8, 4) is 0 Å². The molecule has 5 nitrogen and oxygen atoms in total. The van der Waals surface area contributed by atoms with Crippen LogP contribution in [0, 0.1) is 25.7 Å². The topological polar surface area (TPSA) is 66.5 Å². The predicted molar refractivity (Wildman–Crippen MR) is 114 cm³/mol. The summed E-state index contributed by atoms with van der Waals surface area (Å²) in [5.74, 6) is 1.03. The predicted octanol–water partition coefficient (Wildman–Crippen LogP) is 3.80. The molecule has 0 radical (unpaired) electrons. The van der Waals surface area contributed by atoms with E-state index in [4.69, 9.17) is 0 Å². The molecule has 154 valence electrons. The molecule has 1 N–H and O–H groups in total. The van der Waals surface area contributed by atoms with Crippen molar-refractivity contribution in [2.45, 2.75) is 50.5 Å². The van der Waals surface area contributed by atoms with Gasteiger partial charge in [0.25, 0.3) is 10.0 Å². The number of hydrogen-bond acceptors (Lipinski definition) is 3. The third-order valence-corrected chi connectivity index (χ3v) is 8.11. The van der Waals surface area contributed by atoms with Gasteiger partial charge in [0.05, 0.1) is 10.6 Å². The highest BCUT2D eigenvalue weighted by atomic mass is 32.2. The Hall–Kier alpha value is -2.34. The molecular formula is C23H28N2O3S. The number of carbonyl (C=O) groups excluding carboxylic acids is 1. The van der Waals surface area contributed by atoms with Gasteiger partial charge in [-0.2, -0.15) is 0 Å². The number of carbonyl (C=O) groups is 1. The second-order valence-corrected chi connectivity index (χ2v) is 10.3. The van der Waals surface area contributed by atoms with E-state index in [2.05, 4.69) is 5.32 Å². The number of sulfonamides is 1. The highest BCUT2D eigenvalue weighted by Crippen LogP contribution is 2.44. The van der Waals surface area contributed by atoms with Gasteiger partial charge in [0.1, 0.15) is 6.54 Å². The van der Waals surface area contributed by atoms with Gasteiger partial charge in [-0.3, -0.25) is 9.10 Å². The number of aryl methyl sites for hydroxylation is 2. The fraction of sp³-hybridized carbons (Fsp3) is 0.435. The first-order valence-electron chi connectivity index (χ1n) is 10.3. The van der Waals surface area contributed by atoms with Gasteiger partial charge in [-0.05, 0) is 74.3 Å². The maximum atomic E-state index is 13.4. The van der Waals surface area contributed by atoms with Crippen LogP contribution in [0.3, 0.4) is 0 Å². The summed E-state index contributed by atoms with van der Waals surface area (Å²) in [4.78, 5) is 13.1. The molecule has 1 amide bonds. The van der Waals surface area contributed by atoms with Gasteiger partial charge in [-0.1, -0.05) is 36.8 Å². The molecule has 2 aliphatic rings. The number of anilines is 1. The summed E-state index contributed by atoms with van der Waals surface area (Å²) in [6.07, 6.45) is 4.63. The molecule has 2 aromatic carbocycles. The molecule has 6 heteroatoms. The van der Waals surface area contributed by atoms with E-state index in [1.54, 1.807) is 30.3 Å². The van der Waals surface area contributed by atoms with Gasteiger partial charge in [0.2, 0.25) is 5.91 Å². The first kappa shape index (κ1) is 20.0. The van der Waals surface area contributed by atoms with Gasteiger partial charge in [-0.15, -0.1) is 0 Å². The Bertz CT molecular complexity index is 1000. The van der Waals surface area contributed by atoms with Crippen molar-refractivity contribution in [1.29, 1.82) is 0 Å². The van der Waals surface area contributed by atoms with Gasteiger partial charge in [0.15, 0.2) is 0 Å². The standard InChI is InChI=1S/C23H28N2O3S/c1-16-8-9-17(2)22(12-16)25(29(27,28)20-6-4-3-5-7-20)15-23(26)24-21-14-18-10-11-19(21)13-18/h3-9,12,18-19,21H,10-11,13-15H2,1-2H3,(H,24,26)/t18-,19+,21+/m1/s1. The van der Waals surface area contributed by atoms with Crippen LogP contribution in [0.5, 0.6) is 0 Å². The van der Waals surface area contributed by atoms with Crippen LogP contribution in [0.1, 0.15) is 36.8 Å². The lowest BCUT2D eigenvalue weighted by atomic mass is 9.95. The monoisotopic (exact) mass is 412 g/mol. The second-order valence-electron chi connectivity index (χ2n) is 8.46. The highest BCUT2D eigenvalue weighted by Gasteiger charge is 2.40. The molecule has 0 aromatic heterocycles. The Balaban J connectivity index is 1.63. The molecule has 0 unspecified atom stereocenters. The SMILES string of the molecule is Cc1ccc(C)c(N(CC(=O)N[C@H]2C[C@@H]3CC[C@H]2C3)S(=O)(=O)c2ccccc2)c1. The molecule has 29 heavy (non-hydrogen) atoms. The largest absolute Gasteiger partial charge is 0.352 e. The van der Waals surface area contributed by atoms with Crippen LogP contribution in [-0.2, 0) is 14.8 Å². The first-order chi connectivity index (χ1) is 13.8. The average molecular weight is 413 g/mol. The lowest BCUT2D eigenvalue weighted by Crippen LogP contribution is -2.46. The number of hydrogen-bond donors (Lipinski definition) is 1. The van der Waals surface area contributed by atoms with Gasteiger partial charge >= 0.3 is 0 Å². The zero-order chi connectivity index (χ0) is 20.6. The molecule has 0 saturated heterocycles. The normalized spacial score (nSPS) is 23.2. The van der Waals surface area contributed by atoms with Crippen molar-refractivity contribution in [2.24, 2.45) is 11.8 Å². The van der Waals surface area contributed by atoms with Crippen LogP contribution in [0.25, 0.3) is 0 Å². The van der Waals surface area contributed by atoms with Crippen LogP contribution in [-0.4, -0.2) is 26.9 Å². The molecule has 0 aliphatic heterocycles. The number of nitrogens with zero attached hydrogens (tertiary/aromatic N) is 1. The van der Waals surface area contributed by atoms with E-state index in [0.29, 0.717) is 17.5 Å². The van der Waals surface area contributed by atoms with Crippen LogP contribution in [0.15, 0.2) is 53.4 Å². The highest BCUT2D eigenvalue weighted by molar-refractivity contribution is 7.92. The summed E-state index contributed by atoms with van der Waals surface area (Å²) >= 11 is 0. The van der Waals surface area contributed by atoms with E-state index in [0.717, 1.165) is 17.5 Å².